The first-order valence-corrected chi connectivity index (χ1v) is 27.3. The average molecular weight is 1180 g/mol. The summed E-state index contributed by atoms with van der Waals surface area (Å²) >= 11 is 0. The number of phenols is 1. The van der Waals surface area contributed by atoms with Crippen LogP contribution in [0.4, 0.5) is 13.2 Å². The lowest BCUT2D eigenvalue weighted by Gasteiger charge is -2.31. The van der Waals surface area contributed by atoms with Crippen molar-refractivity contribution in [3.05, 3.63) is 65.7 Å². The maximum atomic E-state index is 14.6. The smallest absolute Gasteiger partial charge is 0.490 e. The van der Waals surface area contributed by atoms with Crippen molar-refractivity contribution in [3.63, 3.8) is 0 Å². The molecule has 11 amide bonds. The third-order valence-electron chi connectivity index (χ3n) is 11.7. The third kappa shape index (κ3) is 24.7. The molecule has 2 heterocycles. The minimum atomic E-state index is -5.08. The van der Waals surface area contributed by atoms with Gasteiger partial charge in [0.15, 0.2) is 5.96 Å². The highest BCUT2D eigenvalue weighted by atomic mass is 33.1. The van der Waals surface area contributed by atoms with Crippen LogP contribution in [0.1, 0.15) is 62.5 Å². The quantitative estimate of drug-likeness (QED) is 0.0278. The number of benzene rings is 2. The fourth-order valence-electron chi connectivity index (χ4n) is 7.78. The first kappa shape index (κ1) is 66.9. The lowest BCUT2D eigenvalue weighted by atomic mass is 10.0. The summed E-state index contributed by atoms with van der Waals surface area (Å²) in [6.07, 6.45) is -6.42. The molecule has 2 saturated heterocycles. The lowest BCUT2D eigenvalue weighted by molar-refractivity contribution is -0.192. The molecule has 81 heavy (non-hydrogen) atoms. The SMILES string of the molecule is NC(=O)CC[C@@H]1NC(=O)[C@H](Cc2ccccc2)NC(=O)[C@H](Cc2ccc(O)cc2)NC(=O)CCSSC[C@@H](C(=O)N2CCC[C@H]2C(=O)N[C@H](CCCN=C(N)N)C(=O)NCC(N)=O)NC(=O)[C@H](CC(N)=O)NC1=O.O=C(O)C(F)(F)F. The minimum absolute atomic E-state index is 0.0128. The maximum absolute atomic E-state index is 14.6. The average Bonchev–Trinajstić information content (AvgIpc) is 3.89. The van der Waals surface area contributed by atoms with Crippen molar-refractivity contribution < 1.29 is 80.9 Å². The number of hydrogen-bond acceptors (Lipinski definition) is 16. The van der Waals surface area contributed by atoms with Crippen LogP contribution in [-0.4, -0.2) is 172 Å². The van der Waals surface area contributed by atoms with Gasteiger partial charge in [0.1, 0.15) is 48.0 Å². The van der Waals surface area contributed by atoms with E-state index in [1.54, 1.807) is 42.5 Å². The van der Waals surface area contributed by atoms with Gasteiger partial charge >= 0.3 is 12.1 Å². The van der Waals surface area contributed by atoms with Crippen LogP contribution in [0.25, 0.3) is 0 Å². The maximum Gasteiger partial charge on any atom is 0.490 e. The number of nitrogens with two attached hydrogens (primary N) is 5. The normalized spacial score (nSPS) is 20.8. The molecule has 2 aromatic carbocycles. The van der Waals surface area contributed by atoms with Gasteiger partial charge in [-0.05, 0) is 55.4 Å². The van der Waals surface area contributed by atoms with Crippen molar-refractivity contribution in [1.82, 2.24) is 42.1 Å². The van der Waals surface area contributed by atoms with Gasteiger partial charge in [0.05, 0.1) is 13.0 Å². The first-order chi connectivity index (χ1) is 38.1. The molecule has 0 saturated carbocycles. The number of amides is 11. The van der Waals surface area contributed by atoms with Gasteiger partial charge in [0, 0.05) is 50.3 Å². The zero-order chi connectivity index (χ0) is 60.4. The summed E-state index contributed by atoms with van der Waals surface area (Å²) < 4.78 is 31.7. The number of guanidine groups is 1. The Labute approximate surface area is 468 Å². The Morgan fingerprint density at radius 3 is 1.89 bits per heavy atom. The lowest BCUT2D eigenvalue weighted by Crippen LogP contribution is -2.61. The summed E-state index contributed by atoms with van der Waals surface area (Å²) in [4.78, 5) is 162. The summed E-state index contributed by atoms with van der Waals surface area (Å²) in [6.45, 7) is -0.402. The van der Waals surface area contributed by atoms with Crippen molar-refractivity contribution in [3.8, 4) is 5.75 Å². The second-order valence-electron chi connectivity index (χ2n) is 18.1. The van der Waals surface area contributed by atoms with Crippen molar-refractivity contribution in [2.75, 3.05) is 31.1 Å². The molecule has 2 aromatic rings. The molecule has 0 bridgehead atoms. The number of nitrogens with zero attached hydrogens (tertiary/aromatic N) is 2. The number of carbonyl (C=O) groups excluding carboxylic acids is 11. The van der Waals surface area contributed by atoms with E-state index >= 15 is 0 Å². The molecule has 33 heteroatoms. The standard InChI is InChI=1S/C46H64N14O12S2.C2HF3O2/c47-35(62)15-14-29-40(67)58-32(22-36(48)63)43(70)59-33(45(72)60-18-5-9-34(60)44(71)56-28(8-4-17-52-46(50)51)39(66)53-23-37(49)64)24-74-73-19-16-38(65)54-30(21-26-10-12-27(61)13-11-26)41(68)57-31(42(69)55-29)20-25-6-2-1-3-7-25;3-2(4,5)1(6)7/h1-3,6-7,10-13,28-34,61H,4-5,8-9,14-24H2,(H2,47,62)(H2,48,63)(H2,49,64)(H,53,66)(H,54,65)(H,55,69)(H,56,71)(H,57,68)(H,58,67)(H,59,70)(H4,50,51,52);(H,6,7)/t28-,29+,30+,31+,32+,33+,34+;/m1./s1. The molecule has 2 aliphatic rings. The predicted molar refractivity (Wildman–Crippen MR) is 286 cm³/mol. The van der Waals surface area contributed by atoms with E-state index in [0.717, 1.165) is 21.6 Å². The van der Waals surface area contributed by atoms with E-state index in [0.29, 0.717) is 17.5 Å². The number of alkyl halides is 3. The van der Waals surface area contributed by atoms with Crippen molar-refractivity contribution in [1.29, 1.82) is 0 Å². The predicted octanol–water partition coefficient (Wildman–Crippen LogP) is -3.71. The third-order valence-corrected chi connectivity index (χ3v) is 14.2. The molecule has 28 nitrogen and oxygen atoms in total. The zero-order valence-corrected chi connectivity index (χ0v) is 45.0. The van der Waals surface area contributed by atoms with E-state index in [2.05, 4.69) is 42.2 Å². The molecule has 19 N–H and O–H groups in total. The number of rotatable bonds is 19. The van der Waals surface area contributed by atoms with Gasteiger partial charge in [0.25, 0.3) is 0 Å². The van der Waals surface area contributed by atoms with Gasteiger partial charge in [-0.15, -0.1) is 0 Å². The zero-order valence-electron chi connectivity index (χ0n) is 43.4. The number of aromatic hydroxyl groups is 1. The van der Waals surface area contributed by atoms with E-state index in [9.17, 15) is 71.0 Å². The molecule has 7 atom stereocenters. The van der Waals surface area contributed by atoms with Crippen LogP contribution in [0.3, 0.4) is 0 Å². The summed E-state index contributed by atoms with van der Waals surface area (Å²) in [5, 5.41) is 34.9. The summed E-state index contributed by atoms with van der Waals surface area (Å²) in [5.41, 5.74) is 28.1. The van der Waals surface area contributed by atoms with E-state index in [-0.39, 0.29) is 74.8 Å². The molecular weight excluding hydrogens is 1120 g/mol. The van der Waals surface area contributed by atoms with Gasteiger partial charge in [0.2, 0.25) is 65.0 Å². The van der Waals surface area contributed by atoms with Crippen LogP contribution in [0, 0.1) is 0 Å². The second-order valence-corrected chi connectivity index (χ2v) is 20.8. The highest BCUT2D eigenvalue weighted by Crippen LogP contribution is 2.26. The van der Waals surface area contributed by atoms with Crippen LogP contribution in [-0.2, 0) is 70.4 Å². The summed E-state index contributed by atoms with van der Waals surface area (Å²) in [5.74, 6) is -12.5. The number of phenolic OH excluding ortho intramolecular Hbond substituents is 1. The summed E-state index contributed by atoms with van der Waals surface area (Å²) in [7, 11) is 2.19. The number of carbonyl (C=O) groups is 12. The number of primary amides is 3. The fraction of sp³-hybridized carbons (Fsp3) is 0.479. The van der Waals surface area contributed by atoms with E-state index in [4.69, 9.17) is 38.6 Å². The molecule has 4 rings (SSSR count). The minimum Gasteiger partial charge on any atom is -0.508 e. The van der Waals surface area contributed by atoms with Crippen molar-refractivity contribution in [2.24, 2.45) is 33.7 Å². The largest absolute Gasteiger partial charge is 0.508 e. The van der Waals surface area contributed by atoms with Gasteiger partial charge in [-0.3, -0.25) is 57.7 Å². The highest BCUT2D eigenvalue weighted by molar-refractivity contribution is 8.76. The Morgan fingerprint density at radius 2 is 1.31 bits per heavy atom. The Kier molecular flexibility index (Phi) is 27.5. The molecule has 2 fully saturated rings. The number of nitrogens with one attached hydrogen (secondary N) is 7. The number of carboxylic acids is 1. The number of carboxylic acid groups (broad SMARTS) is 1. The molecule has 2 aliphatic heterocycles. The van der Waals surface area contributed by atoms with Crippen molar-refractivity contribution in [2.45, 2.75) is 113 Å². The first-order valence-electron chi connectivity index (χ1n) is 24.8. The molecular formula is C48H65F3N14O14S2. The van der Waals surface area contributed by atoms with Gasteiger partial charge < -0.3 is 81.0 Å². The van der Waals surface area contributed by atoms with Crippen LogP contribution in [0.5, 0.6) is 5.75 Å². The van der Waals surface area contributed by atoms with Gasteiger partial charge in [-0.2, -0.15) is 13.2 Å². The van der Waals surface area contributed by atoms with Gasteiger partial charge in [-0.1, -0.05) is 64.1 Å². The number of hydrogen-bond donors (Lipinski definition) is 14. The Morgan fingerprint density at radius 1 is 0.741 bits per heavy atom. The molecule has 0 unspecified atom stereocenters. The molecule has 0 spiro atoms. The van der Waals surface area contributed by atoms with E-state index in [1.807, 2.05) is 0 Å². The number of likely N-dealkylation sites (tertiary alicyclic amines) is 1. The highest BCUT2D eigenvalue weighted by Gasteiger charge is 2.41. The van der Waals surface area contributed by atoms with Crippen LogP contribution in [0.2, 0.25) is 0 Å². The Balaban J connectivity index is 0.00000230. The van der Waals surface area contributed by atoms with E-state index < -0.39 is 145 Å². The number of aliphatic carboxylic acids is 1. The van der Waals surface area contributed by atoms with Crippen LogP contribution < -0.4 is 65.9 Å². The van der Waals surface area contributed by atoms with Gasteiger partial charge in [-0.25, -0.2) is 4.79 Å². The number of aliphatic imine (C=N–C) groups is 1. The molecule has 0 radical (unpaired) electrons. The second kappa shape index (κ2) is 33.3. The monoisotopic (exact) mass is 1180 g/mol. The molecule has 444 valence electrons. The van der Waals surface area contributed by atoms with Crippen LogP contribution in [0.15, 0.2) is 59.6 Å². The summed E-state index contributed by atoms with van der Waals surface area (Å²) in [6, 6.07) is 4.52. The molecule has 0 aromatic heterocycles. The Bertz CT molecular complexity index is 2600. The number of halogens is 3. The molecule has 0 aliphatic carbocycles. The fourth-order valence-corrected chi connectivity index (χ4v) is 9.93. The van der Waals surface area contributed by atoms with Crippen molar-refractivity contribution >= 4 is 98.5 Å². The topological polar surface area (TPSA) is 475 Å². The van der Waals surface area contributed by atoms with Crippen LogP contribution >= 0.6 is 21.6 Å². The van der Waals surface area contributed by atoms with E-state index in [1.165, 1.54) is 17.0 Å². The Hall–Kier alpha value is -8.36.